The fourth-order valence-corrected chi connectivity index (χ4v) is 1.79. The molecule has 1 aromatic rings. The molecule has 0 spiro atoms. The lowest BCUT2D eigenvalue weighted by Gasteiger charge is -2.13. The number of amides is 1. The average Bonchev–Trinajstić information content (AvgIpc) is 2.77. The van der Waals surface area contributed by atoms with Crippen molar-refractivity contribution in [2.75, 3.05) is 14.2 Å². The smallest absolute Gasteiger partial charge is 0.356 e. The molecule has 0 saturated carbocycles. The second-order valence-electron chi connectivity index (χ2n) is 2.96. The van der Waals surface area contributed by atoms with Gasteiger partial charge >= 0.3 is 5.97 Å². The molecule has 1 heterocycles. The van der Waals surface area contributed by atoms with E-state index in [-0.39, 0.29) is 12.3 Å². The van der Waals surface area contributed by atoms with E-state index in [0.717, 1.165) is 4.88 Å². The molecule has 1 amide bonds. The highest BCUT2D eigenvalue weighted by atomic mass is 32.1. The third-order valence-corrected chi connectivity index (χ3v) is 2.73. The summed E-state index contributed by atoms with van der Waals surface area (Å²) in [5.41, 5.74) is 0. The summed E-state index contributed by atoms with van der Waals surface area (Å²) < 4.78 is 9.25. The van der Waals surface area contributed by atoms with Gasteiger partial charge < -0.3 is 14.8 Å². The van der Waals surface area contributed by atoms with Crippen molar-refractivity contribution in [2.45, 2.75) is 12.6 Å². The number of esters is 1. The van der Waals surface area contributed by atoms with Crippen LogP contribution in [0.1, 0.15) is 4.88 Å². The van der Waals surface area contributed by atoms with Crippen molar-refractivity contribution in [2.24, 2.45) is 0 Å². The van der Waals surface area contributed by atoms with Gasteiger partial charge in [-0.25, -0.2) is 4.79 Å². The van der Waals surface area contributed by atoms with Crippen molar-refractivity contribution in [1.82, 2.24) is 5.32 Å². The summed E-state index contributed by atoms with van der Waals surface area (Å²) in [4.78, 5) is 23.6. The number of ether oxygens (including phenoxy) is 2. The van der Waals surface area contributed by atoms with Gasteiger partial charge in [0.1, 0.15) is 0 Å². The minimum Gasteiger partial charge on any atom is -0.466 e. The standard InChI is InChI=1S/C10H13NO4S/c1-14-9(10(13)15-2)11-8(12)6-7-4-3-5-16-7/h3-5,9H,6H2,1-2H3,(H,11,12). The van der Waals surface area contributed by atoms with E-state index in [4.69, 9.17) is 4.74 Å². The highest BCUT2D eigenvalue weighted by Gasteiger charge is 2.20. The Morgan fingerprint density at radius 2 is 2.25 bits per heavy atom. The van der Waals surface area contributed by atoms with Gasteiger partial charge in [-0.1, -0.05) is 6.07 Å². The van der Waals surface area contributed by atoms with Crippen LogP contribution in [0.4, 0.5) is 0 Å². The Kier molecular flexibility index (Phi) is 4.94. The third-order valence-electron chi connectivity index (χ3n) is 1.86. The highest BCUT2D eigenvalue weighted by Crippen LogP contribution is 2.08. The van der Waals surface area contributed by atoms with Gasteiger partial charge in [-0.05, 0) is 11.4 Å². The van der Waals surface area contributed by atoms with Crippen LogP contribution in [0.15, 0.2) is 17.5 Å². The predicted octanol–water partition coefficient (Wildman–Crippen LogP) is 0.552. The topological polar surface area (TPSA) is 64.6 Å². The predicted molar refractivity (Wildman–Crippen MR) is 59.0 cm³/mol. The van der Waals surface area contributed by atoms with Gasteiger partial charge in [0.05, 0.1) is 13.5 Å². The first-order valence-electron chi connectivity index (χ1n) is 4.59. The Balaban J connectivity index is 2.46. The summed E-state index contributed by atoms with van der Waals surface area (Å²) in [5, 5.41) is 4.31. The molecule has 1 aromatic heterocycles. The van der Waals surface area contributed by atoms with Crippen LogP contribution in [0.25, 0.3) is 0 Å². The highest BCUT2D eigenvalue weighted by molar-refractivity contribution is 7.10. The molecule has 0 saturated heterocycles. The molecule has 1 rings (SSSR count). The van der Waals surface area contributed by atoms with Gasteiger partial charge in [-0.15, -0.1) is 11.3 Å². The van der Waals surface area contributed by atoms with Crippen LogP contribution in [0, 0.1) is 0 Å². The Hall–Kier alpha value is -1.40. The quantitative estimate of drug-likeness (QED) is 0.606. The number of rotatable bonds is 5. The lowest BCUT2D eigenvalue weighted by Crippen LogP contribution is -2.43. The molecule has 16 heavy (non-hydrogen) atoms. The first kappa shape index (κ1) is 12.7. The summed E-state index contributed by atoms with van der Waals surface area (Å²) in [5.74, 6) is -0.901. The van der Waals surface area contributed by atoms with E-state index in [9.17, 15) is 9.59 Å². The Labute approximate surface area is 97.4 Å². The molecular formula is C10H13NO4S. The third kappa shape index (κ3) is 3.63. The van der Waals surface area contributed by atoms with Crippen LogP contribution in [0.2, 0.25) is 0 Å². The van der Waals surface area contributed by atoms with Gasteiger partial charge in [0.25, 0.3) is 0 Å². The molecule has 1 N–H and O–H groups in total. The van der Waals surface area contributed by atoms with E-state index in [1.807, 2.05) is 17.5 Å². The maximum atomic E-state index is 11.5. The normalized spacial score (nSPS) is 11.9. The van der Waals surface area contributed by atoms with Gasteiger partial charge in [0, 0.05) is 12.0 Å². The summed E-state index contributed by atoms with van der Waals surface area (Å²) in [6.07, 6.45) is -0.813. The lowest BCUT2D eigenvalue weighted by molar-refractivity contribution is -0.156. The minimum atomic E-state index is -1.04. The first-order valence-corrected chi connectivity index (χ1v) is 5.47. The molecule has 0 aromatic carbocycles. The zero-order chi connectivity index (χ0) is 12.0. The molecular weight excluding hydrogens is 230 g/mol. The second kappa shape index (κ2) is 6.24. The number of nitrogens with one attached hydrogen (secondary N) is 1. The summed E-state index contributed by atoms with van der Waals surface area (Å²) >= 11 is 1.48. The number of methoxy groups -OCH3 is 2. The number of carbonyl (C=O) groups is 2. The van der Waals surface area contributed by atoms with E-state index < -0.39 is 12.2 Å². The van der Waals surface area contributed by atoms with Crippen LogP contribution in [-0.2, 0) is 25.5 Å². The number of hydrogen-bond acceptors (Lipinski definition) is 5. The van der Waals surface area contributed by atoms with Crippen LogP contribution in [0.3, 0.4) is 0 Å². The Morgan fingerprint density at radius 1 is 1.50 bits per heavy atom. The molecule has 6 heteroatoms. The van der Waals surface area contributed by atoms with Gasteiger partial charge in [0.2, 0.25) is 12.1 Å². The van der Waals surface area contributed by atoms with Gasteiger partial charge in [0.15, 0.2) is 0 Å². The Bertz CT molecular complexity index is 350. The van der Waals surface area contributed by atoms with Crippen molar-refractivity contribution in [3.8, 4) is 0 Å². The van der Waals surface area contributed by atoms with Crippen LogP contribution in [0.5, 0.6) is 0 Å². The van der Waals surface area contributed by atoms with E-state index in [1.165, 1.54) is 25.6 Å². The molecule has 1 atom stereocenters. The molecule has 88 valence electrons. The van der Waals surface area contributed by atoms with Gasteiger partial charge in [-0.2, -0.15) is 0 Å². The summed E-state index contributed by atoms with van der Waals surface area (Å²) in [6, 6.07) is 3.71. The van der Waals surface area contributed by atoms with E-state index in [2.05, 4.69) is 10.1 Å². The monoisotopic (exact) mass is 243 g/mol. The van der Waals surface area contributed by atoms with Crippen LogP contribution < -0.4 is 5.32 Å². The van der Waals surface area contributed by atoms with E-state index in [1.54, 1.807) is 0 Å². The molecule has 0 aliphatic carbocycles. The van der Waals surface area contributed by atoms with Crippen LogP contribution in [-0.4, -0.2) is 32.3 Å². The van der Waals surface area contributed by atoms with E-state index in [0.29, 0.717) is 0 Å². The van der Waals surface area contributed by atoms with Crippen molar-refractivity contribution in [3.05, 3.63) is 22.4 Å². The summed E-state index contributed by atoms with van der Waals surface area (Å²) in [6.45, 7) is 0. The molecule has 0 bridgehead atoms. The molecule has 0 fully saturated rings. The maximum absolute atomic E-state index is 11.5. The molecule has 5 nitrogen and oxygen atoms in total. The SMILES string of the molecule is COC(=O)C(NC(=O)Cc1cccs1)OC. The number of carbonyl (C=O) groups excluding carboxylic acids is 2. The largest absolute Gasteiger partial charge is 0.466 e. The van der Waals surface area contributed by atoms with Crippen molar-refractivity contribution in [1.29, 1.82) is 0 Å². The second-order valence-corrected chi connectivity index (χ2v) is 3.99. The molecule has 0 aliphatic heterocycles. The zero-order valence-electron chi connectivity index (χ0n) is 9.06. The average molecular weight is 243 g/mol. The first-order chi connectivity index (χ1) is 7.67. The number of hydrogen-bond donors (Lipinski definition) is 1. The van der Waals surface area contributed by atoms with Crippen LogP contribution >= 0.6 is 11.3 Å². The fraction of sp³-hybridized carbons (Fsp3) is 0.400. The van der Waals surface area contributed by atoms with Gasteiger partial charge in [-0.3, -0.25) is 4.79 Å². The molecule has 0 radical (unpaired) electrons. The summed E-state index contributed by atoms with van der Waals surface area (Å²) in [7, 11) is 2.56. The fourth-order valence-electron chi connectivity index (χ4n) is 1.09. The van der Waals surface area contributed by atoms with E-state index >= 15 is 0 Å². The van der Waals surface area contributed by atoms with Crippen molar-refractivity contribution >= 4 is 23.2 Å². The molecule has 1 unspecified atom stereocenters. The molecule has 0 aliphatic rings. The minimum absolute atomic E-state index is 0.231. The zero-order valence-corrected chi connectivity index (χ0v) is 9.87. The van der Waals surface area contributed by atoms with Crippen molar-refractivity contribution in [3.63, 3.8) is 0 Å². The lowest BCUT2D eigenvalue weighted by atomic mass is 10.3. The maximum Gasteiger partial charge on any atom is 0.356 e. The number of thiophene rings is 1. The Morgan fingerprint density at radius 3 is 2.75 bits per heavy atom. The van der Waals surface area contributed by atoms with Crippen molar-refractivity contribution < 1.29 is 19.1 Å².